The molecule has 0 unspecified atom stereocenters. The Morgan fingerprint density at radius 2 is 1.90 bits per heavy atom. The van der Waals surface area contributed by atoms with Crippen LogP contribution in [0.1, 0.15) is 6.42 Å². The Bertz CT molecular complexity index is 409. The number of halogens is 3. The van der Waals surface area contributed by atoms with Crippen LogP contribution in [0.5, 0.6) is 5.75 Å². The molecule has 0 aromatic heterocycles. The largest absolute Gasteiger partial charge is 0.493 e. The quantitative estimate of drug-likeness (QED) is 0.834. The topological polar surface area (TPSA) is 49.8 Å². The zero-order chi connectivity index (χ0) is 15.0. The molecule has 1 rings (SSSR count). The molecule has 0 atom stereocenters. The van der Waals surface area contributed by atoms with Crippen molar-refractivity contribution in [2.75, 3.05) is 26.3 Å². The number of rotatable bonds is 7. The molecule has 7 heteroatoms. The third-order valence-electron chi connectivity index (χ3n) is 2.42. The summed E-state index contributed by atoms with van der Waals surface area (Å²) in [4.78, 5) is 12.2. The summed E-state index contributed by atoms with van der Waals surface area (Å²) in [5, 5.41) is 8.69. The lowest BCUT2D eigenvalue weighted by atomic mass is 10.3. The van der Waals surface area contributed by atoms with Crippen molar-refractivity contribution in [1.82, 2.24) is 4.90 Å². The second-order valence-electron chi connectivity index (χ2n) is 4.07. The Morgan fingerprint density at radius 1 is 1.25 bits per heavy atom. The van der Waals surface area contributed by atoms with E-state index in [1.54, 1.807) is 30.3 Å². The van der Waals surface area contributed by atoms with Gasteiger partial charge in [-0.05, 0) is 12.1 Å². The lowest BCUT2D eigenvalue weighted by Gasteiger charge is -2.23. The number of carbonyl (C=O) groups is 1. The predicted molar refractivity (Wildman–Crippen MR) is 66.3 cm³/mol. The average Bonchev–Trinajstić information content (AvgIpc) is 2.38. The highest BCUT2D eigenvalue weighted by Crippen LogP contribution is 2.17. The Hall–Kier alpha value is -1.76. The fraction of sp³-hybridized carbons (Fsp3) is 0.462. The number of hydrogen-bond acceptors (Lipinski definition) is 3. The molecule has 0 saturated carbocycles. The molecule has 0 aliphatic heterocycles. The van der Waals surface area contributed by atoms with Crippen LogP contribution in [0.4, 0.5) is 13.2 Å². The number of aliphatic hydroxyl groups is 1. The first-order chi connectivity index (χ1) is 9.42. The highest BCUT2D eigenvalue weighted by atomic mass is 19.4. The van der Waals surface area contributed by atoms with Crippen molar-refractivity contribution in [3.05, 3.63) is 30.3 Å². The van der Waals surface area contributed by atoms with Gasteiger partial charge in [0.1, 0.15) is 12.3 Å². The van der Waals surface area contributed by atoms with Gasteiger partial charge in [0.05, 0.1) is 19.6 Å². The smallest absolute Gasteiger partial charge is 0.406 e. The van der Waals surface area contributed by atoms with E-state index in [4.69, 9.17) is 9.84 Å². The van der Waals surface area contributed by atoms with Gasteiger partial charge in [-0.1, -0.05) is 18.2 Å². The van der Waals surface area contributed by atoms with E-state index in [1.165, 1.54) is 0 Å². The number of amides is 1. The van der Waals surface area contributed by atoms with Crippen molar-refractivity contribution in [1.29, 1.82) is 0 Å². The van der Waals surface area contributed by atoms with E-state index in [-0.39, 0.29) is 19.6 Å². The number of hydrogen-bond donors (Lipinski definition) is 1. The Balaban J connectivity index is 2.42. The van der Waals surface area contributed by atoms with Crippen molar-refractivity contribution < 1.29 is 27.8 Å². The van der Waals surface area contributed by atoms with Gasteiger partial charge in [0, 0.05) is 6.54 Å². The predicted octanol–water partition coefficient (Wildman–Crippen LogP) is 1.84. The standard InChI is InChI=1S/C13H16F3NO3/c14-13(15,16)10-17(7-8-18)12(19)6-9-20-11-4-2-1-3-5-11/h1-5,18H,6-10H2. The van der Waals surface area contributed by atoms with Crippen molar-refractivity contribution in [2.24, 2.45) is 0 Å². The molecule has 0 bridgehead atoms. The molecule has 0 saturated heterocycles. The molecule has 0 heterocycles. The van der Waals surface area contributed by atoms with Crippen molar-refractivity contribution in [3.8, 4) is 5.75 Å². The number of carbonyl (C=O) groups excluding carboxylic acids is 1. The summed E-state index contributed by atoms with van der Waals surface area (Å²) in [6, 6.07) is 8.67. The zero-order valence-corrected chi connectivity index (χ0v) is 10.8. The van der Waals surface area contributed by atoms with Crippen LogP contribution in [0.25, 0.3) is 0 Å². The molecule has 1 N–H and O–H groups in total. The summed E-state index contributed by atoms with van der Waals surface area (Å²) < 4.78 is 42.1. The van der Waals surface area contributed by atoms with Crippen LogP contribution in [-0.2, 0) is 4.79 Å². The minimum absolute atomic E-state index is 0.0113. The van der Waals surface area contributed by atoms with E-state index >= 15 is 0 Å². The van der Waals surface area contributed by atoms with Crippen LogP contribution in [0.3, 0.4) is 0 Å². The first-order valence-electron chi connectivity index (χ1n) is 6.05. The summed E-state index contributed by atoms with van der Waals surface area (Å²) in [6.45, 7) is -2.23. The zero-order valence-electron chi connectivity index (χ0n) is 10.8. The second kappa shape index (κ2) is 7.74. The number of benzene rings is 1. The van der Waals surface area contributed by atoms with E-state index in [9.17, 15) is 18.0 Å². The van der Waals surface area contributed by atoms with E-state index in [1.807, 2.05) is 0 Å². The third-order valence-corrected chi connectivity index (χ3v) is 2.42. The molecule has 0 spiro atoms. The number of aliphatic hydroxyl groups excluding tert-OH is 1. The SMILES string of the molecule is O=C(CCOc1ccccc1)N(CCO)CC(F)(F)F. The van der Waals surface area contributed by atoms with Gasteiger partial charge in [-0.2, -0.15) is 13.2 Å². The average molecular weight is 291 g/mol. The second-order valence-corrected chi connectivity index (χ2v) is 4.07. The van der Waals surface area contributed by atoms with Gasteiger partial charge in [-0.15, -0.1) is 0 Å². The van der Waals surface area contributed by atoms with E-state index in [0.717, 1.165) is 0 Å². The lowest BCUT2D eigenvalue weighted by Crippen LogP contribution is -2.41. The molecule has 0 aliphatic rings. The van der Waals surface area contributed by atoms with Crippen LogP contribution >= 0.6 is 0 Å². The van der Waals surface area contributed by atoms with E-state index < -0.39 is 25.2 Å². The molecule has 1 aromatic carbocycles. The molecule has 0 radical (unpaired) electrons. The Morgan fingerprint density at radius 3 is 2.45 bits per heavy atom. The lowest BCUT2D eigenvalue weighted by molar-refractivity contribution is -0.162. The fourth-order valence-corrected chi connectivity index (χ4v) is 1.56. The molecule has 4 nitrogen and oxygen atoms in total. The van der Waals surface area contributed by atoms with Gasteiger partial charge in [0.25, 0.3) is 0 Å². The van der Waals surface area contributed by atoms with Crippen molar-refractivity contribution in [2.45, 2.75) is 12.6 Å². The number of ether oxygens (including phenoxy) is 1. The molecule has 20 heavy (non-hydrogen) atoms. The Kier molecular flexibility index (Phi) is 6.30. The molecular formula is C13H16F3NO3. The molecule has 0 fully saturated rings. The van der Waals surface area contributed by atoms with Gasteiger partial charge >= 0.3 is 6.18 Å². The summed E-state index contributed by atoms with van der Waals surface area (Å²) in [5.74, 6) is -0.155. The summed E-state index contributed by atoms with van der Waals surface area (Å²) in [7, 11) is 0. The van der Waals surface area contributed by atoms with E-state index in [0.29, 0.717) is 10.6 Å². The minimum Gasteiger partial charge on any atom is -0.493 e. The molecule has 1 aromatic rings. The van der Waals surface area contributed by atoms with Crippen LogP contribution in [-0.4, -0.2) is 48.4 Å². The van der Waals surface area contributed by atoms with Crippen LogP contribution < -0.4 is 4.74 Å². The van der Waals surface area contributed by atoms with Gasteiger partial charge < -0.3 is 14.7 Å². The highest BCUT2D eigenvalue weighted by Gasteiger charge is 2.32. The third kappa shape index (κ3) is 6.42. The Labute approximate surface area is 114 Å². The maximum Gasteiger partial charge on any atom is 0.406 e. The van der Waals surface area contributed by atoms with Crippen LogP contribution in [0.2, 0.25) is 0 Å². The van der Waals surface area contributed by atoms with Crippen LogP contribution in [0, 0.1) is 0 Å². The maximum absolute atomic E-state index is 12.3. The van der Waals surface area contributed by atoms with Gasteiger partial charge in [-0.3, -0.25) is 4.79 Å². The number of alkyl halides is 3. The van der Waals surface area contributed by atoms with Crippen molar-refractivity contribution in [3.63, 3.8) is 0 Å². The van der Waals surface area contributed by atoms with Crippen LogP contribution in [0.15, 0.2) is 30.3 Å². The molecule has 0 aliphatic carbocycles. The summed E-state index contributed by atoms with van der Waals surface area (Å²) in [5.41, 5.74) is 0. The number of para-hydroxylation sites is 1. The number of nitrogens with zero attached hydrogens (tertiary/aromatic N) is 1. The molecular weight excluding hydrogens is 275 g/mol. The minimum atomic E-state index is -4.48. The van der Waals surface area contributed by atoms with Gasteiger partial charge in [0.15, 0.2) is 0 Å². The fourth-order valence-electron chi connectivity index (χ4n) is 1.56. The first-order valence-corrected chi connectivity index (χ1v) is 6.05. The highest BCUT2D eigenvalue weighted by molar-refractivity contribution is 5.76. The summed E-state index contributed by atoms with van der Waals surface area (Å²) in [6.07, 6.45) is -4.66. The summed E-state index contributed by atoms with van der Waals surface area (Å²) >= 11 is 0. The van der Waals surface area contributed by atoms with Gasteiger partial charge in [0.2, 0.25) is 5.91 Å². The monoisotopic (exact) mass is 291 g/mol. The van der Waals surface area contributed by atoms with Gasteiger partial charge in [-0.25, -0.2) is 0 Å². The molecule has 1 amide bonds. The normalized spacial score (nSPS) is 11.2. The van der Waals surface area contributed by atoms with E-state index in [2.05, 4.69) is 0 Å². The maximum atomic E-state index is 12.3. The van der Waals surface area contributed by atoms with Crippen molar-refractivity contribution >= 4 is 5.91 Å². The first kappa shape index (κ1) is 16.3. The molecule has 112 valence electrons.